The molecule has 0 aliphatic carbocycles. The quantitative estimate of drug-likeness (QED) is 0.641. The minimum Gasteiger partial charge on any atom is -0.486 e. The average molecular weight is 419 g/mol. The van der Waals surface area contributed by atoms with Crippen LogP contribution >= 0.6 is 11.6 Å². The number of carbonyl (C=O) groups excluding carboxylic acids is 2. The molecule has 3 N–H and O–H groups in total. The number of carbonyl (C=O) groups is 2. The molecule has 0 radical (unpaired) electrons. The second-order valence-electron chi connectivity index (χ2n) is 6.82. The van der Waals surface area contributed by atoms with E-state index in [1.807, 2.05) is 13.8 Å². The van der Waals surface area contributed by atoms with E-state index in [1.54, 1.807) is 36.4 Å². The van der Waals surface area contributed by atoms with Gasteiger partial charge in [-0.1, -0.05) is 17.7 Å². The number of ether oxygens (including phenoxy) is 2. The van der Waals surface area contributed by atoms with Crippen LogP contribution in [0.3, 0.4) is 0 Å². The molecule has 2 aromatic rings. The maximum atomic E-state index is 12.4. The summed E-state index contributed by atoms with van der Waals surface area (Å²) in [6, 6.07) is 10.7. The molecule has 1 aliphatic rings. The molecule has 2 aromatic carbocycles. The van der Waals surface area contributed by atoms with Gasteiger partial charge in [-0.15, -0.1) is 0 Å². The number of likely N-dealkylation sites (N-methyl/N-ethyl adjacent to an activating group) is 1. The highest BCUT2D eigenvalue weighted by Crippen LogP contribution is 2.32. The first kappa shape index (κ1) is 21.0. The monoisotopic (exact) mass is 418 g/mol. The number of halogens is 1. The van der Waals surface area contributed by atoms with E-state index < -0.39 is 0 Å². The third-order valence-electron chi connectivity index (χ3n) is 4.69. The van der Waals surface area contributed by atoms with E-state index in [4.69, 9.17) is 21.1 Å². The van der Waals surface area contributed by atoms with Crippen molar-refractivity contribution in [3.8, 4) is 11.5 Å². The third kappa shape index (κ3) is 5.62. The van der Waals surface area contributed by atoms with Crippen molar-refractivity contribution in [2.45, 2.75) is 13.8 Å². The van der Waals surface area contributed by atoms with Gasteiger partial charge in [-0.25, -0.2) is 0 Å². The Labute approximate surface area is 174 Å². The first-order valence-electron chi connectivity index (χ1n) is 9.54. The lowest BCUT2D eigenvalue weighted by Crippen LogP contribution is -3.13. The lowest BCUT2D eigenvalue weighted by Gasteiger charge is -2.20. The van der Waals surface area contributed by atoms with Crippen molar-refractivity contribution in [2.75, 3.05) is 43.5 Å². The van der Waals surface area contributed by atoms with E-state index >= 15 is 0 Å². The predicted molar refractivity (Wildman–Crippen MR) is 112 cm³/mol. The number of fused-ring (bicyclic) bond motifs is 1. The van der Waals surface area contributed by atoms with Crippen molar-refractivity contribution < 1.29 is 24.0 Å². The lowest BCUT2D eigenvalue weighted by atomic mass is 10.2. The number of benzene rings is 2. The Morgan fingerprint density at radius 3 is 2.45 bits per heavy atom. The number of anilines is 2. The van der Waals surface area contributed by atoms with Crippen LogP contribution in [0.2, 0.25) is 5.02 Å². The molecule has 1 atom stereocenters. The largest absolute Gasteiger partial charge is 0.486 e. The van der Waals surface area contributed by atoms with E-state index in [9.17, 15) is 9.59 Å². The van der Waals surface area contributed by atoms with Gasteiger partial charge in [0.25, 0.3) is 11.8 Å². The van der Waals surface area contributed by atoms with E-state index in [2.05, 4.69) is 10.6 Å². The fraction of sp³-hybridized carbons (Fsp3) is 0.333. The smallest absolute Gasteiger partial charge is 0.279 e. The number of quaternary nitrogens is 1. The molecule has 0 fully saturated rings. The predicted octanol–water partition coefficient (Wildman–Crippen LogP) is 1.90. The van der Waals surface area contributed by atoms with Crippen molar-refractivity contribution >= 4 is 34.8 Å². The molecule has 29 heavy (non-hydrogen) atoms. The molecule has 154 valence electrons. The van der Waals surface area contributed by atoms with Gasteiger partial charge in [-0.05, 0) is 43.7 Å². The van der Waals surface area contributed by atoms with Crippen LogP contribution in [-0.4, -0.2) is 44.7 Å². The summed E-state index contributed by atoms with van der Waals surface area (Å²) in [5, 5.41) is 6.32. The number of rotatable bonds is 7. The van der Waals surface area contributed by atoms with Gasteiger partial charge >= 0.3 is 0 Å². The van der Waals surface area contributed by atoms with Crippen LogP contribution in [0.15, 0.2) is 36.4 Å². The second kappa shape index (κ2) is 9.62. The molecule has 8 heteroatoms. The average Bonchev–Trinajstić information content (AvgIpc) is 2.70. The normalized spacial score (nSPS) is 13.5. The Kier molecular flexibility index (Phi) is 6.95. The van der Waals surface area contributed by atoms with Crippen molar-refractivity contribution in [2.24, 2.45) is 0 Å². The molecule has 0 saturated carbocycles. The van der Waals surface area contributed by atoms with Crippen LogP contribution in [0.1, 0.15) is 12.5 Å². The second-order valence-corrected chi connectivity index (χ2v) is 7.23. The standard InChI is InChI=1S/C21H24ClN3O4/c1-3-25(13-21(27)24-17-6-4-5-16(22)14(17)2)12-20(26)23-15-7-8-18-19(11-15)29-10-9-28-18/h4-8,11H,3,9-10,12-13H2,1-2H3,(H,23,26)(H,24,27)/p+1. The van der Waals surface area contributed by atoms with Gasteiger partial charge in [-0.2, -0.15) is 0 Å². The summed E-state index contributed by atoms with van der Waals surface area (Å²) < 4.78 is 11.0. The summed E-state index contributed by atoms with van der Waals surface area (Å²) >= 11 is 6.09. The van der Waals surface area contributed by atoms with Gasteiger partial charge in [0.15, 0.2) is 24.6 Å². The van der Waals surface area contributed by atoms with Gasteiger partial charge < -0.3 is 25.0 Å². The molecule has 0 spiro atoms. The summed E-state index contributed by atoms with van der Waals surface area (Å²) in [4.78, 5) is 25.7. The van der Waals surface area contributed by atoms with Crippen LogP contribution in [0.5, 0.6) is 11.5 Å². The molecule has 1 unspecified atom stereocenters. The molecular weight excluding hydrogens is 394 g/mol. The SMILES string of the molecule is CC[NH+](CC(=O)Nc1ccc2c(c1)OCCO2)CC(=O)Nc1cccc(Cl)c1C. The molecule has 0 bridgehead atoms. The highest BCUT2D eigenvalue weighted by molar-refractivity contribution is 6.31. The Hall–Kier alpha value is -2.77. The zero-order chi connectivity index (χ0) is 20.8. The Morgan fingerprint density at radius 2 is 1.72 bits per heavy atom. The van der Waals surface area contributed by atoms with Gasteiger partial charge in [0.2, 0.25) is 0 Å². The van der Waals surface area contributed by atoms with E-state index in [1.165, 1.54) is 0 Å². The number of amides is 2. The summed E-state index contributed by atoms with van der Waals surface area (Å²) in [7, 11) is 0. The van der Waals surface area contributed by atoms with Crippen LogP contribution in [-0.2, 0) is 9.59 Å². The number of hydrogen-bond acceptors (Lipinski definition) is 4. The zero-order valence-electron chi connectivity index (χ0n) is 16.5. The minimum absolute atomic E-state index is 0.167. The summed E-state index contributed by atoms with van der Waals surface area (Å²) in [5.41, 5.74) is 2.13. The van der Waals surface area contributed by atoms with Crippen LogP contribution in [0, 0.1) is 6.92 Å². The highest BCUT2D eigenvalue weighted by Gasteiger charge is 2.19. The lowest BCUT2D eigenvalue weighted by molar-refractivity contribution is -0.881. The fourth-order valence-corrected chi connectivity index (χ4v) is 3.20. The van der Waals surface area contributed by atoms with Crippen LogP contribution in [0.25, 0.3) is 0 Å². The summed E-state index contributed by atoms with van der Waals surface area (Å²) in [5.74, 6) is 0.942. The van der Waals surface area contributed by atoms with Crippen molar-refractivity contribution in [3.63, 3.8) is 0 Å². The molecule has 1 aliphatic heterocycles. The Bertz CT molecular complexity index is 903. The van der Waals surface area contributed by atoms with E-state index in [0.29, 0.717) is 47.7 Å². The van der Waals surface area contributed by atoms with Gasteiger partial charge in [-0.3, -0.25) is 9.59 Å². The van der Waals surface area contributed by atoms with Crippen molar-refractivity contribution in [3.05, 3.63) is 47.0 Å². The zero-order valence-corrected chi connectivity index (χ0v) is 17.3. The van der Waals surface area contributed by atoms with Crippen LogP contribution < -0.4 is 25.0 Å². The molecule has 0 saturated heterocycles. The molecule has 7 nitrogen and oxygen atoms in total. The topological polar surface area (TPSA) is 81.1 Å². The maximum Gasteiger partial charge on any atom is 0.279 e. The number of hydrogen-bond donors (Lipinski definition) is 3. The van der Waals surface area contributed by atoms with Crippen molar-refractivity contribution in [1.82, 2.24) is 0 Å². The summed E-state index contributed by atoms with van der Waals surface area (Å²) in [6.45, 7) is 5.78. The van der Waals surface area contributed by atoms with E-state index in [-0.39, 0.29) is 24.9 Å². The third-order valence-corrected chi connectivity index (χ3v) is 5.10. The first-order chi connectivity index (χ1) is 14.0. The first-order valence-corrected chi connectivity index (χ1v) is 9.92. The fourth-order valence-electron chi connectivity index (χ4n) is 3.03. The molecular formula is C21H25ClN3O4+. The molecule has 1 heterocycles. The van der Waals surface area contributed by atoms with E-state index in [0.717, 1.165) is 10.5 Å². The van der Waals surface area contributed by atoms with Gasteiger partial charge in [0.05, 0.1) is 6.54 Å². The minimum atomic E-state index is -0.176. The molecule has 0 aromatic heterocycles. The Balaban J connectivity index is 1.54. The highest BCUT2D eigenvalue weighted by atomic mass is 35.5. The number of nitrogens with one attached hydrogen (secondary N) is 3. The molecule has 3 rings (SSSR count). The van der Waals surface area contributed by atoms with Crippen molar-refractivity contribution in [1.29, 1.82) is 0 Å². The van der Waals surface area contributed by atoms with Gasteiger partial charge in [0, 0.05) is 22.5 Å². The van der Waals surface area contributed by atoms with Gasteiger partial charge in [0.1, 0.15) is 13.2 Å². The summed E-state index contributed by atoms with van der Waals surface area (Å²) in [6.07, 6.45) is 0. The van der Waals surface area contributed by atoms with Crippen LogP contribution in [0.4, 0.5) is 11.4 Å². The molecule has 2 amide bonds. The Morgan fingerprint density at radius 1 is 1.03 bits per heavy atom. The maximum absolute atomic E-state index is 12.4.